The van der Waals surface area contributed by atoms with Gasteiger partial charge >= 0.3 is 0 Å². The van der Waals surface area contributed by atoms with E-state index in [2.05, 4.69) is 15.2 Å². The molecule has 0 aliphatic carbocycles. The Morgan fingerprint density at radius 3 is 2.81 bits per heavy atom. The fourth-order valence-corrected chi connectivity index (χ4v) is 3.15. The Morgan fingerprint density at radius 2 is 2.08 bits per heavy atom. The molecular weight excluding hydrogens is 330 g/mol. The van der Waals surface area contributed by atoms with Crippen LogP contribution in [0.2, 0.25) is 0 Å². The summed E-state index contributed by atoms with van der Waals surface area (Å²) in [6, 6.07) is 13.5. The number of amides is 1. The molecule has 1 aromatic carbocycles. The highest BCUT2D eigenvalue weighted by molar-refractivity contribution is 5.98. The molecule has 1 amide bonds. The van der Waals surface area contributed by atoms with Gasteiger partial charge in [-0.25, -0.2) is 0 Å². The largest absolute Gasteiger partial charge is 0.471 e. The lowest BCUT2D eigenvalue weighted by Crippen LogP contribution is -2.31. The summed E-state index contributed by atoms with van der Waals surface area (Å²) < 4.78 is 5.89. The first-order valence-corrected chi connectivity index (χ1v) is 8.65. The van der Waals surface area contributed by atoms with Crippen molar-refractivity contribution in [1.29, 1.82) is 0 Å². The number of H-pyrrole nitrogens is 1. The van der Waals surface area contributed by atoms with Crippen molar-refractivity contribution in [3.63, 3.8) is 0 Å². The molecule has 1 unspecified atom stereocenters. The summed E-state index contributed by atoms with van der Waals surface area (Å²) in [5, 5.41) is 9.25. The van der Waals surface area contributed by atoms with Gasteiger partial charge in [0.2, 0.25) is 5.88 Å². The highest BCUT2D eigenvalue weighted by Gasteiger charge is 2.29. The van der Waals surface area contributed by atoms with Gasteiger partial charge in [0.1, 0.15) is 11.8 Å². The maximum Gasteiger partial charge on any atom is 0.270 e. The van der Waals surface area contributed by atoms with Crippen LogP contribution in [0.5, 0.6) is 5.88 Å². The second-order valence-electron chi connectivity index (χ2n) is 6.67. The maximum absolute atomic E-state index is 12.7. The molecule has 4 rings (SSSR count). The number of carbonyl (C=O) groups excluding carboxylic acids is 1. The number of carbonyl (C=O) groups is 1. The van der Waals surface area contributed by atoms with Gasteiger partial charge in [-0.05, 0) is 18.2 Å². The normalized spacial score (nSPS) is 16.8. The van der Waals surface area contributed by atoms with Crippen LogP contribution in [0.4, 0.5) is 5.82 Å². The van der Waals surface area contributed by atoms with Crippen molar-refractivity contribution in [2.24, 2.45) is 0 Å². The lowest BCUT2D eigenvalue weighted by molar-refractivity contribution is 0.0766. The number of para-hydroxylation sites is 1. The van der Waals surface area contributed by atoms with E-state index < -0.39 is 0 Å². The Hall–Kier alpha value is -3.09. The van der Waals surface area contributed by atoms with Crippen molar-refractivity contribution in [2.45, 2.75) is 12.5 Å². The lowest BCUT2D eigenvalue weighted by atomic mass is 10.2. The Morgan fingerprint density at radius 1 is 1.23 bits per heavy atom. The third kappa shape index (κ3) is 3.20. The molecule has 3 heterocycles. The fraction of sp³-hybridized carbons (Fsp3) is 0.316. The van der Waals surface area contributed by atoms with Crippen LogP contribution >= 0.6 is 0 Å². The fourth-order valence-electron chi connectivity index (χ4n) is 3.15. The SMILES string of the molecule is CN(C)c1ccc(OC2CCN(C(=O)c3cc4ccccc4[nH]3)C2)nn1. The molecule has 1 aliphatic rings. The van der Waals surface area contributed by atoms with Gasteiger partial charge in [-0.2, -0.15) is 0 Å². The van der Waals surface area contributed by atoms with Gasteiger partial charge < -0.3 is 19.5 Å². The molecule has 1 aliphatic heterocycles. The third-order valence-corrected chi connectivity index (χ3v) is 4.56. The molecule has 134 valence electrons. The molecule has 1 atom stereocenters. The number of aromatic nitrogens is 3. The van der Waals surface area contributed by atoms with E-state index in [0.717, 1.165) is 23.1 Å². The molecule has 2 aromatic heterocycles. The number of anilines is 1. The summed E-state index contributed by atoms with van der Waals surface area (Å²) in [5.41, 5.74) is 1.58. The average Bonchev–Trinajstić information content (AvgIpc) is 3.28. The van der Waals surface area contributed by atoms with E-state index >= 15 is 0 Å². The third-order valence-electron chi connectivity index (χ3n) is 4.56. The van der Waals surface area contributed by atoms with Crippen LogP contribution in [-0.2, 0) is 0 Å². The molecule has 1 saturated heterocycles. The minimum absolute atomic E-state index is 0.00124. The van der Waals surface area contributed by atoms with Crippen LogP contribution < -0.4 is 9.64 Å². The van der Waals surface area contributed by atoms with E-state index in [1.807, 2.05) is 66.4 Å². The first-order chi connectivity index (χ1) is 12.6. The number of benzene rings is 1. The highest BCUT2D eigenvalue weighted by Crippen LogP contribution is 2.21. The van der Waals surface area contributed by atoms with Gasteiger partial charge in [0, 0.05) is 44.0 Å². The molecule has 7 nitrogen and oxygen atoms in total. The quantitative estimate of drug-likeness (QED) is 0.781. The van der Waals surface area contributed by atoms with E-state index in [4.69, 9.17) is 4.74 Å². The summed E-state index contributed by atoms with van der Waals surface area (Å²) in [5.74, 6) is 1.27. The Labute approximate surface area is 151 Å². The molecule has 26 heavy (non-hydrogen) atoms. The van der Waals surface area contributed by atoms with Crippen LogP contribution in [0.3, 0.4) is 0 Å². The van der Waals surface area contributed by atoms with Gasteiger partial charge in [-0.3, -0.25) is 4.79 Å². The number of hydrogen-bond acceptors (Lipinski definition) is 5. The molecule has 1 fully saturated rings. The van der Waals surface area contributed by atoms with Crippen molar-refractivity contribution < 1.29 is 9.53 Å². The van der Waals surface area contributed by atoms with Gasteiger partial charge in [-0.1, -0.05) is 18.2 Å². The van der Waals surface area contributed by atoms with Gasteiger partial charge in [0.15, 0.2) is 5.82 Å². The molecule has 7 heteroatoms. The zero-order valence-electron chi connectivity index (χ0n) is 14.8. The number of rotatable bonds is 4. The molecular formula is C19H21N5O2. The first-order valence-electron chi connectivity index (χ1n) is 8.65. The van der Waals surface area contributed by atoms with Crippen molar-refractivity contribution in [1.82, 2.24) is 20.1 Å². The van der Waals surface area contributed by atoms with Crippen LogP contribution in [0.15, 0.2) is 42.5 Å². The predicted octanol–water partition coefficient (Wildman–Crippen LogP) is 2.32. The zero-order chi connectivity index (χ0) is 18.1. The van der Waals surface area contributed by atoms with Crippen LogP contribution in [0, 0.1) is 0 Å². The summed E-state index contributed by atoms with van der Waals surface area (Å²) in [6.45, 7) is 1.22. The number of likely N-dealkylation sites (tertiary alicyclic amines) is 1. The van der Waals surface area contributed by atoms with Crippen LogP contribution in [0.1, 0.15) is 16.9 Å². The highest BCUT2D eigenvalue weighted by atomic mass is 16.5. The molecule has 0 spiro atoms. The van der Waals surface area contributed by atoms with E-state index in [1.54, 1.807) is 0 Å². The maximum atomic E-state index is 12.7. The summed E-state index contributed by atoms with van der Waals surface area (Å²) in [7, 11) is 3.82. The van der Waals surface area contributed by atoms with Crippen LogP contribution in [-0.4, -0.2) is 59.3 Å². The number of hydrogen-bond donors (Lipinski definition) is 1. The van der Waals surface area contributed by atoms with E-state index in [-0.39, 0.29) is 12.0 Å². The van der Waals surface area contributed by atoms with Crippen molar-refractivity contribution >= 4 is 22.6 Å². The predicted molar refractivity (Wildman–Crippen MR) is 99.6 cm³/mol. The summed E-state index contributed by atoms with van der Waals surface area (Å²) >= 11 is 0. The topological polar surface area (TPSA) is 74.3 Å². The van der Waals surface area contributed by atoms with Gasteiger partial charge in [-0.15, -0.1) is 10.2 Å². The first kappa shape index (κ1) is 16.4. The smallest absolute Gasteiger partial charge is 0.270 e. The van der Waals surface area contributed by atoms with E-state index in [1.165, 1.54) is 0 Å². The minimum Gasteiger partial charge on any atom is -0.471 e. The van der Waals surface area contributed by atoms with Gasteiger partial charge in [0.25, 0.3) is 5.91 Å². The second-order valence-corrected chi connectivity index (χ2v) is 6.67. The Balaban J connectivity index is 1.40. The molecule has 1 N–H and O–H groups in total. The number of fused-ring (bicyclic) bond motifs is 1. The number of ether oxygens (including phenoxy) is 1. The molecule has 0 radical (unpaired) electrons. The molecule has 0 bridgehead atoms. The number of aromatic amines is 1. The zero-order valence-corrected chi connectivity index (χ0v) is 14.8. The summed E-state index contributed by atoms with van der Waals surface area (Å²) in [6.07, 6.45) is 0.714. The Bertz CT molecular complexity index is 886. The second kappa shape index (κ2) is 6.67. The minimum atomic E-state index is -0.0668. The standard InChI is InChI=1S/C19H21N5O2/c1-23(2)17-7-8-18(22-21-17)26-14-9-10-24(12-14)19(25)16-11-13-5-3-4-6-15(13)20-16/h3-8,11,14,20H,9-10,12H2,1-2H3. The average molecular weight is 351 g/mol. The van der Waals surface area contributed by atoms with Crippen LogP contribution in [0.25, 0.3) is 10.9 Å². The van der Waals surface area contributed by atoms with Gasteiger partial charge in [0.05, 0.1) is 6.54 Å². The number of nitrogens with one attached hydrogen (secondary N) is 1. The molecule has 3 aromatic rings. The Kier molecular flexibility index (Phi) is 4.20. The monoisotopic (exact) mass is 351 g/mol. The van der Waals surface area contributed by atoms with Crippen molar-refractivity contribution in [2.75, 3.05) is 32.1 Å². The lowest BCUT2D eigenvalue weighted by Gasteiger charge is -2.16. The molecule has 0 saturated carbocycles. The van der Waals surface area contributed by atoms with Crippen molar-refractivity contribution in [3.8, 4) is 5.88 Å². The van der Waals surface area contributed by atoms with E-state index in [0.29, 0.717) is 24.7 Å². The number of nitrogens with zero attached hydrogens (tertiary/aromatic N) is 4. The summed E-state index contributed by atoms with van der Waals surface area (Å²) in [4.78, 5) is 19.6. The van der Waals surface area contributed by atoms with E-state index in [9.17, 15) is 4.79 Å². The van der Waals surface area contributed by atoms with Crippen molar-refractivity contribution in [3.05, 3.63) is 48.2 Å².